The Labute approximate surface area is 157 Å². The number of carbonyl (C=O) groups is 1. The summed E-state index contributed by atoms with van der Waals surface area (Å²) >= 11 is 12.1. The van der Waals surface area contributed by atoms with Crippen molar-refractivity contribution in [3.63, 3.8) is 0 Å². The van der Waals surface area contributed by atoms with Crippen LogP contribution in [0.4, 0.5) is 0 Å². The van der Waals surface area contributed by atoms with E-state index < -0.39 is 0 Å². The first-order valence-electron chi connectivity index (χ1n) is 8.17. The van der Waals surface area contributed by atoms with Gasteiger partial charge in [-0.25, -0.2) is 0 Å². The highest BCUT2D eigenvalue weighted by molar-refractivity contribution is 6.42. The van der Waals surface area contributed by atoms with Gasteiger partial charge in [-0.1, -0.05) is 41.4 Å². The fraction of sp³-hybridized carbons (Fsp3) is 0.263. The molecule has 0 unspecified atom stereocenters. The monoisotopic (exact) mass is 375 g/mol. The van der Waals surface area contributed by atoms with Gasteiger partial charge in [-0.15, -0.1) is 0 Å². The molecule has 2 heterocycles. The molecular weight excluding hydrogens is 357 g/mol. The molecule has 1 aliphatic rings. The highest BCUT2D eigenvalue weighted by atomic mass is 35.5. The van der Waals surface area contributed by atoms with Crippen molar-refractivity contribution >= 4 is 35.2 Å². The maximum absolute atomic E-state index is 12.4. The molecule has 2 aromatic rings. The third kappa shape index (κ3) is 4.82. The van der Waals surface area contributed by atoms with Gasteiger partial charge in [0, 0.05) is 45.0 Å². The summed E-state index contributed by atoms with van der Waals surface area (Å²) in [4.78, 5) is 20.9. The van der Waals surface area contributed by atoms with Crippen molar-refractivity contribution in [3.8, 4) is 0 Å². The van der Waals surface area contributed by atoms with Crippen molar-refractivity contribution in [1.29, 1.82) is 0 Å². The van der Waals surface area contributed by atoms with Gasteiger partial charge in [0.15, 0.2) is 0 Å². The normalized spacial score (nSPS) is 15.7. The maximum atomic E-state index is 12.4. The molecule has 0 atom stereocenters. The van der Waals surface area contributed by atoms with Crippen LogP contribution in [0.5, 0.6) is 0 Å². The van der Waals surface area contributed by atoms with Gasteiger partial charge in [0.1, 0.15) is 0 Å². The zero-order chi connectivity index (χ0) is 17.6. The molecule has 1 fully saturated rings. The Morgan fingerprint density at radius 3 is 2.60 bits per heavy atom. The van der Waals surface area contributed by atoms with Crippen LogP contribution in [0.1, 0.15) is 11.3 Å². The van der Waals surface area contributed by atoms with E-state index >= 15 is 0 Å². The Hall–Kier alpha value is -1.88. The second-order valence-corrected chi connectivity index (χ2v) is 6.68. The molecule has 0 spiro atoms. The summed E-state index contributed by atoms with van der Waals surface area (Å²) in [6.45, 7) is 3.91. The molecular formula is C19H19Cl2N3O. The second kappa shape index (κ2) is 8.48. The first-order valence-corrected chi connectivity index (χ1v) is 8.92. The highest BCUT2D eigenvalue weighted by Gasteiger charge is 2.19. The molecule has 0 N–H and O–H groups in total. The Kier molecular flexibility index (Phi) is 6.08. The quantitative estimate of drug-likeness (QED) is 0.763. The predicted molar refractivity (Wildman–Crippen MR) is 102 cm³/mol. The molecule has 1 aromatic heterocycles. The van der Waals surface area contributed by atoms with Gasteiger partial charge in [0.25, 0.3) is 0 Å². The van der Waals surface area contributed by atoms with Crippen LogP contribution in [0.15, 0.2) is 48.7 Å². The predicted octanol–water partition coefficient (Wildman–Crippen LogP) is 3.75. The lowest BCUT2D eigenvalue weighted by Gasteiger charge is -2.34. The number of nitrogens with zero attached hydrogens (tertiary/aromatic N) is 3. The van der Waals surface area contributed by atoms with E-state index in [0.29, 0.717) is 23.1 Å². The fourth-order valence-electron chi connectivity index (χ4n) is 2.76. The van der Waals surface area contributed by atoms with Gasteiger partial charge in [-0.2, -0.15) is 0 Å². The van der Waals surface area contributed by atoms with Crippen LogP contribution >= 0.6 is 23.2 Å². The first kappa shape index (κ1) is 17.9. The summed E-state index contributed by atoms with van der Waals surface area (Å²) in [5, 5.41) is 0.952. The lowest BCUT2D eigenvalue weighted by Crippen LogP contribution is -2.47. The number of carbonyl (C=O) groups excluding carboxylic acids is 1. The van der Waals surface area contributed by atoms with Crippen LogP contribution in [-0.4, -0.2) is 46.9 Å². The van der Waals surface area contributed by atoms with Gasteiger partial charge >= 0.3 is 0 Å². The SMILES string of the molecule is O=C(/C=C/c1cccc(Cl)c1Cl)N1CCN(Cc2ccccn2)CC1. The molecule has 4 nitrogen and oxygen atoms in total. The molecule has 1 aromatic carbocycles. The molecule has 6 heteroatoms. The Morgan fingerprint density at radius 1 is 1.08 bits per heavy atom. The first-order chi connectivity index (χ1) is 12.1. The van der Waals surface area contributed by atoms with E-state index in [0.717, 1.165) is 30.9 Å². The van der Waals surface area contributed by atoms with Crippen molar-refractivity contribution in [2.45, 2.75) is 6.54 Å². The fourth-order valence-corrected chi connectivity index (χ4v) is 3.13. The van der Waals surface area contributed by atoms with Crippen molar-refractivity contribution < 1.29 is 4.79 Å². The molecule has 1 aliphatic heterocycles. The zero-order valence-electron chi connectivity index (χ0n) is 13.7. The van der Waals surface area contributed by atoms with Gasteiger partial charge in [-0.05, 0) is 29.8 Å². The van der Waals surface area contributed by atoms with Crippen LogP contribution in [0.2, 0.25) is 10.0 Å². The van der Waals surface area contributed by atoms with Gasteiger partial charge in [-0.3, -0.25) is 14.7 Å². The van der Waals surface area contributed by atoms with E-state index in [1.165, 1.54) is 0 Å². The van der Waals surface area contributed by atoms with E-state index in [-0.39, 0.29) is 5.91 Å². The lowest BCUT2D eigenvalue weighted by atomic mass is 10.2. The third-order valence-corrected chi connectivity index (χ3v) is 5.02. The Balaban J connectivity index is 1.53. The van der Waals surface area contributed by atoms with Gasteiger partial charge in [0.05, 0.1) is 15.7 Å². The van der Waals surface area contributed by atoms with E-state index in [9.17, 15) is 4.79 Å². The number of hydrogen-bond donors (Lipinski definition) is 0. The Morgan fingerprint density at radius 2 is 1.88 bits per heavy atom. The van der Waals surface area contributed by atoms with Crippen LogP contribution in [-0.2, 0) is 11.3 Å². The summed E-state index contributed by atoms with van der Waals surface area (Å²) < 4.78 is 0. The molecule has 0 saturated carbocycles. The molecule has 3 rings (SSSR count). The molecule has 1 saturated heterocycles. The maximum Gasteiger partial charge on any atom is 0.246 e. The molecule has 1 amide bonds. The van der Waals surface area contributed by atoms with Crippen LogP contribution in [0.25, 0.3) is 6.08 Å². The van der Waals surface area contributed by atoms with Crippen molar-refractivity contribution in [2.24, 2.45) is 0 Å². The molecule has 0 radical (unpaired) electrons. The van der Waals surface area contributed by atoms with Gasteiger partial charge in [0.2, 0.25) is 5.91 Å². The summed E-state index contributed by atoms with van der Waals surface area (Å²) in [5.74, 6) is -0.00599. The third-order valence-electron chi connectivity index (χ3n) is 4.18. The van der Waals surface area contributed by atoms with Gasteiger partial charge < -0.3 is 4.90 Å². The minimum absolute atomic E-state index is 0.00599. The number of aromatic nitrogens is 1. The lowest BCUT2D eigenvalue weighted by molar-refractivity contribution is -0.127. The van der Waals surface area contributed by atoms with Crippen LogP contribution < -0.4 is 0 Å². The topological polar surface area (TPSA) is 36.4 Å². The van der Waals surface area contributed by atoms with E-state index in [1.54, 1.807) is 24.4 Å². The molecule has 130 valence electrons. The van der Waals surface area contributed by atoms with Crippen molar-refractivity contribution in [1.82, 2.24) is 14.8 Å². The number of piperazine rings is 1. The largest absolute Gasteiger partial charge is 0.337 e. The molecule has 0 bridgehead atoms. The number of rotatable bonds is 4. The minimum atomic E-state index is -0.00599. The summed E-state index contributed by atoms with van der Waals surface area (Å²) in [7, 11) is 0. The standard InChI is InChI=1S/C19H19Cl2N3O/c20-17-6-3-4-15(19(17)21)7-8-18(25)24-12-10-23(11-13-24)14-16-5-1-2-9-22-16/h1-9H,10-14H2/b8-7+. The van der Waals surface area contributed by atoms with Crippen LogP contribution in [0.3, 0.4) is 0 Å². The van der Waals surface area contributed by atoms with Crippen LogP contribution in [0, 0.1) is 0 Å². The number of benzene rings is 1. The van der Waals surface area contributed by atoms with E-state index in [2.05, 4.69) is 9.88 Å². The second-order valence-electron chi connectivity index (χ2n) is 5.90. The summed E-state index contributed by atoms with van der Waals surface area (Å²) in [6, 6.07) is 11.3. The summed E-state index contributed by atoms with van der Waals surface area (Å²) in [5.41, 5.74) is 1.80. The average molecular weight is 376 g/mol. The van der Waals surface area contributed by atoms with E-state index in [4.69, 9.17) is 23.2 Å². The van der Waals surface area contributed by atoms with Crippen molar-refractivity contribution in [3.05, 3.63) is 70.0 Å². The number of pyridine rings is 1. The summed E-state index contributed by atoms with van der Waals surface area (Å²) in [6.07, 6.45) is 5.09. The molecule has 0 aliphatic carbocycles. The minimum Gasteiger partial charge on any atom is -0.337 e. The highest BCUT2D eigenvalue weighted by Crippen LogP contribution is 2.26. The number of halogens is 2. The number of amides is 1. The van der Waals surface area contributed by atoms with Crippen molar-refractivity contribution in [2.75, 3.05) is 26.2 Å². The zero-order valence-corrected chi connectivity index (χ0v) is 15.2. The Bertz CT molecular complexity index is 757. The van der Waals surface area contributed by atoms with E-state index in [1.807, 2.05) is 35.2 Å². The average Bonchev–Trinajstić information content (AvgIpc) is 2.64. The smallest absolute Gasteiger partial charge is 0.246 e. The number of hydrogen-bond acceptors (Lipinski definition) is 3. The molecule has 25 heavy (non-hydrogen) atoms.